The van der Waals surface area contributed by atoms with Crippen LogP contribution in [0.15, 0.2) is 43.0 Å². The van der Waals surface area contributed by atoms with E-state index in [1.165, 1.54) is 0 Å². The first-order chi connectivity index (χ1) is 9.36. The van der Waals surface area contributed by atoms with Crippen LogP contribution in [0.5, 0.6) is 0 Å². The first kappa shape index (κ1) is 11.7. The van der Waals surface area contributed by atoms with Crippen LogP contribution in [0, 0.1) is 0 Å². The Balaban J connectivity index is 1.81. The minimum Gasteiger partial charge on any atom is -0.383 e. The Bertz CT molecular complexity index is 672. The molecular weight excluding hydrogens is 242 g/mol. The second-order valence-electron chi connectivity index (χ2n) is 4.18. The maximum absolute atomic E-state index is 5.03. The monoisotopic (exact) mass is 257 g/mol. The number of pyridine rings is 1. The summed E-state index contributed by atoms with van der Waals surface area (Å²) in [4.78, 5) is 4.25. The summed E-state index contributed by atoms with van der Waals surface area (Å²) in [5, 5.41) is 7.60. The van der Waals surface area contributed by atoms with Gasteiger partial charge in [-0.05, 0) is 12.1 Å². The van der Waals surface area contributed by atoms with Crippen molar-refractivity contribution in [3.8, 4) is 0 Å². The van der Waals surface area contributed by atoms with Crippen molar-refractivity contribution in [1.29, 1.82) is 0 Å². The molecule has 6 nitrogen and oxygen atoms in total. The van der Waals surface area contributed by atoms with Crippen LogP contribution in [-0.4, -0.2) is 32.9 Å². The summed E-state index contributed by atoms with van der Waals surface area (Å²) in [6, 6.07) is 5.94. The predicted molar refractivity (Wildman–Crippen MR) is 72.6 cm³/mol. The Morgan fingerprint density at radius 1 is 1.37 bits per heavy atom. The summed E-state index contributed by atoms with van der Waals surface area (Å²) in [5.74, 6) is 0.960. The second kappa shape index (κ2) is 5.11. The molecule has 1 N–H and O–H groups in total. The molecule has 0 fully saturated rings. The topological polar surface area (TPSA) is 56.4 Å². The zero-order chi connectivity index (χ0) is 13.1. The lowest BCUT2D eigenvalue weighted by Gasteiger charge is -2.06. The second-order valence-corrected chi connectivity index (χ2v) is 4.18. The lowest BCUT2D eigenvalue weighted by molar-refractivity contribution is 0.183. The molecule has 0 unspecified atom stereocenters. The molecule has 0 saturated carbocycles. The van der Waals surface area contributed by atoms with Crippen LogP contribution >= 0.6 is 0 Å². The number of ether oxygens (including phenoxy) is 1. The summed E-state index contributed by atoms with van der Waals surface area (Å²) < 4.78 is 8.87. The molecule has 0 aliphatic carbocycles. The molecule has 0 atom stereocenters. The molecule has 0 aromatic carbocycles. The summed E-state index contributed by atoms with van der Waals surface area (Å²) in [6.07, 6.45) is 7.45. The molecule has 3 rings (SSSR count). The van der Waals surface area contributed by atoms with E-state index in [1.54, 1.807) is 19.5 Å². The number of methoxy groups -OCH3 is 1. The fraction of sp³-hybridized carbons (Fsp3) is 0.231. The summed E-state index contributed by atoms with van der Waals surface area (Å²) in [7, 11) is 1.68. The van der Waals surface area contributed by atoms with Gasteiger partial charge in [0, 0.05) is 25.7 Å². The van der Waals surface area contributed by atoms with Crippen LogP contribution in [-0.2, 0) is 11.3 Å². The SMILES string of the molecule is COCCn1cc(Nc2cccc3nccn23)cn1. The number of aromatic nitrogens is 4. The van der Waals surface area contributed by atoms with Gasteiger partial charge in [0.2, 0.25) is 0 Å². The number of nitrogens with one attached hydrogen (secondary N) is 1. The molecule has 0 spiro atoms. The van der Waals surface area contributed by atoms with Crippen molar-refractivity contribution in [2.75, 3.05) is 19.0 Å². The average Bonchev–Trinajstić information content (AvgIpc) is 3.05. The van der Waals surface area contributed by atoms with E-state index in [4.69, 9.17) is 4.74 Å². The molecule has 19 heavy (non-hydrogen) atoms. The number of rotatable bonds is 5. The number of hydrogen-bond acceptors (Lipinski definition) is 4. The molecule has 3 aromatic rings. The van der Waals surface area contributed by atoms with Crippen molar-refractivity contribution in [3.63, 3.8) is 0 Å². The molecule has 98 valence electrons. The van der Waals surface area contributed by atoms with E-state index in [9.17, 15) is 0 Å². The van der Waals surface area contributed by atoms with Gasteiger partial charge in [0.25, 0.3) is 0 Å². The Hall–Kier alpha value is -2.34. The van der Waals surface area contributed by atoms with Gasteiger partial charge in [-0.25, -0.2) is 4.98 Å². The molecule has 0 aliphatic heterocycles. The molecule has 0 radical (unpaired) electrons. The highest BCUT2D eigenvalue weighted by molar-refractivity contribution is 5.58. The molecule has 3 heterocycles. The van der Waals surface area contributed by atoms with Crippen molar-refractivity contribution in [2.24, 2.45) is 0 Å². The Kier molecular flexibility index (Phi) is 3.16. The minimum atomic E-state index is 0.651. The minimum absolute atomic E-state index is 0.651. The first-order valence-electron chi connectivity index (χ1n) is 6.07. The smallest absolute Gasteiger partial charge is 0.138 e. The largest absolute Gasteiger partial charge is 0.383 e. The van der Waals surface area contributed by atoms with Crippen molar-refractivity contribution >= 4 is 17.2 Å². The van der Waals surface area contributed by atoms with Crippen molar-refractivity contribution < 1.29 is 4.74 Å². The van der Waals surface area contributed by atoms with Gasteiger partial charge in [-0.3, -0.25) is 9.08 Å². The van der Waals surface area contributed by atoms with E-state index < -0.39 is 0 Å². The van der Waals surface area contributed by atoms with Gasteiger partial charge in [0.05, 0.1) is 25.0 Å². The lowest BCUT2D eigenvalue weighted by atomic mass is 10.4. The Labute approximate surface area is 110 Å². The third-order valence-corrected chi connectivity index (χ3v) is 2.86. The summed E-state index contributed by atoms with van der Waals surface area (Å²) >= 11 is 0. The number of fused-ring (bicyclic) bond motifs is 1. The lowest BCUT2D eigenvalue weighted by Crippen LogP contribution is -2.04. The van der Waals surface area contributed by atoms with E-state index in [0.717, 1.165) is 23.7 Å². The van der Waals surface area contributed by atoms with Crippen LogP contribution in [0.3, 0.4) is 0 Å². The van der Waals surface area contributed by atoms with E-state index >= 15 is 0 Å². The molecule has 0 aliphatic rings. The Morgan fingerprint density at radius 3 is 3.21 bits per heavy atom. The summed E-state index contributed by atoms with van der Waals surface area (Å²) in [5.41, 5.74) is 1.86. The summed E-state index contributed by atoms with van der Waals surface area (Å²) in [6.45, 7) is 1.39. The molecule has 6 heteroatoms. The molecule has 3 aromatic heterocycles. The zero-order valence-electron chi connectivity index (χ0n) is 10.7. The van der Waals surface area contributed by atoms with E-state index in [0.29, 0.717) is 6.61 Å². The van der Waals surface area contributed by atoms with Crippen LogP contribution in [0.1, 0.15) is 0 Å². The number of hydrogen-bond donors (Lipinski definition) is 1. The van der Waals surface area contributed by atoms with Gasteiger partial charge in [-0.1, -0.05) is 6.07 Å². The quantitative estimate of drug-likeness (QED) is 0.758. The van der Waals surface area contributed by atoms with Crippen LogP contribution < -0.4 is 5.32 Å². The molecule has 0 bridgehead atoms. The highest BCUT2D eigenvalue weighted by Crippen LogP contribution is 2.17. The predicted octanol–water partition coefficient (Wildman–Crippen LogP) is 1.92. The maximum atomic E-state index is 5.03. The van der Waals surface area contributed by atoms with Gasteiger partial charge in [-0.2, -0.15) is 5.10 Å². The van der Waals surface area contributed by atoms with Gasteiger partial charge in [-0.15, -0.1) is 0 Å². The number of imidazole rings is 1. The van der Waals surface area contributed by atoms with E-state index in [1.807, 2.05) is 39.7 Å². The van der Waals surface area contributed by atoms with Crippen molar-refractivity contribution in [2.45, 2.75) is 6.54 Å². The average molecular weight is 257 g/mol. The highest BCUT2D eigenvalue weighted by Gasteiger charge is 2.03. The van der Waals surface area contributed by atoms with Gasteiger partial charge >= 0.3 is 0 Å². The fourth-order valence-corrected chi connectivity index (χ4v) is 1.93. The standard InChI is InChI=1S/C13H15N5O/c1-19-8-7-17-10-11(9-15-17)16-13-4-2-3-12-14-5-6-18(12)13/h2-6,9-10,16H,7-8H2,1H3. The molecule has 0 saturated heterocycles. The maximum Gasteiger partial charge on any atom is 0.138 e. The third kappa shape index (κ3) is 2.43. The van der Waals surface area contributed by atoms with E-state index in [2.05, 4.69) is 15.4 Å². The fourth-order valence-electron chi connectivity index (χ4n) is 1.93. The normalized spacial score (nSPS) is 11.0. The van der Waals surface area contributed by atoms with Crippen LogP contribution in [0.25, 0.3) is 5.65 Å². The van der Waals surface area contributed by atoms with Crippen molar-refractivity contribution in [1.82, 2.24) is 19.2 Å². The van der Waals surface area contributed by atoms with E-state index in [-0.39, 0.29) is 0 Å². The van der Waals surface area contributed by atoms with Gasteiger partial charge in [0.15, 0.2) is 0 Å². The molecular formula is C13H15N5O. The highest BCUT2D eigenvalue weighted by atomic mass is 16.5. The number of nitrogens with zero attached hydrogens (tertiary/aromatic N) is 4. The first-order valence-corrected chi connectivity index (χ1v) is 6.07. The van der Waals surface area contributed by atoms with Crippen LogP contribution in [0.2, 0.25) is 0 Å². The zero-order valence-corrected chi connectivity index (χ0v) is 10.7. The number of anilines is 2. The Morgan fingerprint density at radius 2 is 2.32 bits per heavy atom. The van der Waals surface area contributed by atoms with Crippen LogP contribution in [0.4, 0.5) is 11.5 Å². The van der Waals surface area contributed by atoms with Gasteiger partial charge in [0.1, 0.15) is 11.5 Å². The van der Waals surface area contributed by atoms with Gasteiger partial charge < -0.3 is 10.1 Å². The third-order valence-electron chi connectivity index (χ3n) is 2.86. The van der Waals surface area contributed by atoms with Crippen molar-refractivity contribution in [3.05, 3.63) is 43.0 Å². The molecule has 0 amide bonds.